The molecule has 5 heteroatoms. The lowest BCUT2D eigenvalue weighted by atomic mass is 10.1. The molecule has 22 heavy (non-hydrogen) atoms. The second-order valence-electron chi connectivity index (χ2n) is 5.47. The highest BCUT2D eigenvalue weighted by Gasteiger charge is 2.16. The minimum Gasteiger partial charge on any atom is -0.508 e. The highest BCUT2D eigenvalue weighted by Crippen LogP contribution is 2.25. The number of nitrogens with zero attached hydrogens (tertiary/aromatic N) is 1. The van der Waals surface area contributed by atoms with E-state index in [2.05, 4.69) is 10.2 Å². The maximum atomic E-state index is 12.4. The molecule has 1 aliphatic heterocycles. The standard InChI is InChI=1S/C17H19N3O2/c18-16-8-5-13(20-9-1-2-10-20)11-15(16)17(22)19-12-3-6-14(21)7-4-12/h3-8,11,21H,1-2,9-10,18H2,(H,19,22). The second kappa shape index (κ2) is 5.97. The summed E-state index contributed by atoms with van der Waals surface area (Å²) in [7, 11) is 0. The number of nitrogens with one attached hydrogen (secondary N) is 1. The Morgan fingerprint density at radius 3 is 2.45 bits per heavy atom. The molecule has 1 aliphatic rings. The van der Waals surface area contributed by atoms with Gasteiger partial charge < -0.3 is 21.1 Å². The lowest BCUT2D eigenvalue weighted by Gasteiger charge is -2.19. The number of benzene rings is 2. The number of nitrogen functional groups attached to an aromatic ring is 1. The molecule has 0 bridgehead atoms. The molecule has 5 nitrogen and oxygen atoms in total. The molecule has 0 aliphatic carbocycles. The van der Waals surface area contributed by atoms with Crippen molar-refractivity contribution < 1.29 is 9.90 Å². The van der Waals surface area contributed by atoms with Crippen LogP contribution < -0.4 is 16.0 Å². The Balaban J connectivity index is 1.81. The summed E-state index contributed by atoms with van der Waals surface area (Å²) in [4.78, 5) is 14.7. The second-order valence-corrected chi connectivity index (χ2v) is 5.47. The summed E-state index contributed by atoms with van der Waals surface area (Å²) < 4.78 is 0. The van der Waals surface area contributed by atoms with Crippen LogP contribution in [0.1, 0.15) is 23.2 Å². The maximum absolute atomic E-state index is 12.4. The fourth-order valence-corrected chi connectivity index (χ4v) is 2.66. The van der Waals surface area contributed by atoms with Gasteiger partial charge in [-0.05, 0) is 55.3 Å². The highest BCUT2D eigenvalue weighted by atomic mass is 16.3. The van der Waals surface area contributed by atoms with Gasteiger partial charge in [0, 0.05) is 30.2 Å². The van der Waals surface area contributed by atoms with Gasteiger partial charge in [0.2, 0.25) is 0 Å². The van der Waals surface area contributed by atoms with Crippen LogP contribution in [0.15, 0.2) is 42.5 Å². The minimum absolute atomic E-state index is 0.161. The largest absolute Gasteiger partial charge is 0.508 e. The van der Waals surface area contributed by atoms with Gasteiger partial charge in [-0.1, -0.05) is 0 Å². The molecule has 0 radical (unpaired) electrons. The van der Waals surface area contributed by atoms with Crippen LogP contribution in [0.2, 0.25) is 0 Å². The van der Waals surface area contributed by atoms with Crippen molar-refractivity contribution >= 4 is 23.0 Å². The third-order valence-electron chi connectivity index (χ3n) is 3.88. The van der Waals surface area contributed by atoms with Crippen molar-refractivity contribution in [1.29, 1.82) is 0 Å². The predicted molar refractivity (Wildman–Crippen MR) is 88.4 cm³/mol. The first-order chi connectivity index (χ1) is 10.6. The number of anilines is 3. The number of carbonyl (C=O) groups excluding carboxylic acids is 1. The van der Waals surface area contributed by atoms with Gasteiger partial charge in [-0.2, -0.15) is 0 Å². The first-order valence-electron chi connectivity index (χ1n) is 7.38. The van der Waals surface area contributed by atoms with Gasteiger partial charge in [-0.25, -0.2) is 0 Å². The Labute approximate surface area is 129 Å². The van der Waals surface area contributed by atoms with E-state index in [-0.39, 0.29) is 11.7 Å². The molecule has 114 valence electrons. The number of amides is 1. The number of phenolic OH excluding ortho intramolecular Hbond substituents is 1. The third kappa shape index (κ3) is 2.98. The summed E-state index contributed by atoms with van der Waals surface area (Å²) in [5, 5.41) is 12.1. The van der Waals surface area contributed by atoms with Crippen LogP contribution in [0.25, 0.3) is 0 Å². The summed E-state index contributed by atoms with van der Waals surface area (Å²) in [6.07, 6.45) is 2.36. The molecule has 1 heterocycles. The van der Waals surface area contributed by atoms with Crippen molar-refractivity contribution in [1.82, 2.24) is 0 Å². The molecular formula is C17H19N3O2. The van der Waals surface area contributed by atoms with Crippen molar-refractivity contribution in [3.63, 3.8) is 0 Å². The molecule has 2 aromatic rings. The molecule has 1 fully saturated rings. The summed E-state index contributed by atoms with van der Waals surface area (Å²) in [5.74, 6) is -0.0854. The first-order valence-corrected chi connectivity index (χ1v) is 7.38. The normalized spacial score (nSPS) is 14.1. The maximum Gasteiger partial charge on any atom is 0.257 e. The van der Waals surface area contributed by atoms with Crippen LogP contribution in [0.4, 0.5) is 17.1 Å². The number of carbonyl (C=O) groups is 1. The fourth-order valence-electron chi connectivity index (χ4n) is 2.66. The first kappa shape index (κ1) is 14.3. The van der Waals surface area contributed by atoms with Crippen molar-refractivity contribution in [2.24, 2.45) is 0 Å². The van der Waals surface area contributed by atoms with Crippen LogP contribution in [0, 0.1) is 0 Å². The number of hydrogen-bond acceptors (Lipinski definition) is 4. The Hall–Kier alpha value is -2.69. The van der Waals surface area contributed by atoms with Crippen molar-refractivity contribution in [2.75, 3.05) is 29.0 Å². The molecular weight excluding hydrogens is 278 g/mol. The molecule has 1 saturated heterocycles. The predicted octanol–water partition coefficient (Wildman–Crippen LogP) is 2.83. The summed E-state index contributed by atoms with van der Waals surface area (Å²) in [6.45, 7) is 2.03. The molecule has 4 N–H and O–H groups in total. The molecule has 0 unspecified atom stereocenters. The van der Waals surface area contributed by atoms with Gasteiger partial charge in [-0.15, -0.1) is 0 Å². The molecule has 0 saturated carbocycles. The van der Waals surface area contributed by atoms with E-state index in [1.165, 1.54) is 25.0 Å². The van der Waals surface area contributed by atoms with E-state index in [0.29, 0.717) is 16.9 Å². The van der Waals surface area contributed by atoms with E-state index in [9.17, 15) is 9.90 Å². The van der Waals surface area contributed by atoms with Gasteiger partial charge in [0.1, 0.15) is 5.75 Å². The number of nitrogens with two attached hydrogens (primary N) is 1. The average molecular weight is 297 g/mol. The molecule has 0 atom stereocenters. The van der Waals surface area contributed by atoms with Crippen molar-refractivity contribution in [3.05, 3.63) is 48.0 Å². The number of phenols is 1. The van der Waals surface area contributed by atoms with Gasteiger partial charge in [-0.3, -0.25) is 4.79 Å². The quantitative estimate of drug-likeness (QED) is 0.601. The van der Waals surface area contributed by atoms with Crippen LogP contribution in [0.5, 0.6) is 5.75 Å². The Morgan fingerprint density at radius 1 is 1.09 bits per heavy atom. The minimum atomic E-state index is -0.246. The van der Waals surface area contributed by atoms with Crippen molar-refractivity contribution in [2.45, 2.75) is 12.8 Å². The Bertz CT molecular complexity index is 677. The molecule has 0 spiro atoms. The molecule has 1 amide bonds. The van der Waals surface area contributed by atoms with Gasteiger partial charge in [0.15, 0.2) is 0 Å². The SMILES string of the molecule is Nc1ccc(N2CCCC2)cc1C(=O)Nc1ccc(O)cc1. The number of rotatable bonds is 3. The summed E-state index contributed by atoms with van der Waals surface area (Å²) in [5.41, 5.74) is 8.52. The van der Waals surface area contributed by atoms with E-state index in [1.807, 2.05) is 12.1 Å². The van der Waals surface area contributed by atoms with E-state index in [4.69, 9.17) is 5.73 Å². The summed E-state index contributed by atoms with van der Waals surface area (Å²) >= 11 is 0. The number of hydrogen-bond donors (Lipinski definition) is 3. The number of aromatic hydroxyl groups is 1. The third-order valence-corrected chi connectivity index (χ3v) is 3.88. The van der Waals surface area contributed by atoms with E-state index >= 15 is 0 Å². The highest BCUT2D eigenvalue weighted by molar-refractivity contribution is 6.08. The van der Waals surface area contributed by atoms with Crippen LogP contribution in [-0.2, 0) is 0 Å². The van der Waals surface area contributed by atoms with E-state index in [1.54, 1.807) is 18.2 Å². The smallest absolute Gasteiger partial charge is 0.257 e. The molecule has 2 aromatic carbocycles. The zero-order chi connectivity index (χ0) is 15.5. The van der Waals surface area contributed by atoms with Crippen LogP contribution in [-0.4, -0.2) is 24.1 Å². The van der Waals surface area contributed by atoms with Crippen LogP contribution >= 0.6 is 0 Å². The topological polar surface area (TPSA) is 78.6 Å². The van der Waals surface area contributed by atoms with E-state index < -0.39 is 0 Å². The van der Waals surface area contributed by atoms with Crippen molar-refractivity contribution in [3.8, 4) is 5.75 Å². The van der Waals surface area contributed by atoms with Gasteiger partial charge >= 0.3 is 0 Å². The zero-order valence-corrected chi connectivity index (χ0v) is 12.2. The Morgan fingerprint density at radius 2 is 1.77 bits per heavy atom. The fraction of sp³-hybridized carbons (Fsp3) is 0.235. The van der Waals surface area contributed by atoms with Crippen LogP contribution in [0.3, 0.4) is 0 Å². The summed E-state index contributed by atoms with van der Waals surface area (Å²) in [6, 6.07) is 11.9. The Kier molecular flexibility index (Phi) is 3.87. The monoisotopic (exact) mass is 297 g/mol. The zero-order valence-electron chi connectivity index (χ0n) is 12.2. The average Bonchev–Trinajstić information content (AvgIpc) is 3.04. The lowest BCUT2D eigenvalue weighted by Crippen LogP contribution is -2.19. The lowest BCUT2D eigenvalue weighted by molar-refractivity contribution is 0.102. The molecule has 3 rings (SSSR count). The molecule has 0 aromatic heterocycles. The van der Waals surface area contributed by atoms with E-state index in [0.717, 1.165) is 18.8 Å². The van der Waals surface area contributed by atoms with Gasteiger partial charge in [0.05, 0.1) is 5.56 Å². The van der Waals surface area contributed by atoms with Gasteiger partial charge in [0.25, 0.3) is 5.91 Å².